The number of likely N-dealkylation sites (N-methyl/N-ethyl adjacent to an activating group) is 1. The number of hydrogen-bond acceptors (Lipinski definition) is 8. The van der Waals surface area contributed by atoms with E-state index in [2.05, 4.69) is 42.6 Å². The number of nitrogens with two attached hydrogens (primary N) is 1. The second-order valence-corrected chi connectivity index (χ2v) is 7.89. The van der Waals surface area contributed by atoms with Gasteiger partial charge >= 0.3 is 0 Å². The average molecular weight is 452 g/mol. The van der Waals surface area contributed by atoms with E-state index >= 15 is 0 Å². The molecule has 3 aromatic heterocycles. The molecule has 10 nitrogen and oxygen atoms in total. The predicted molar refractivity (Wildman–Crippen MR) is 116 cm³/mol. The summed E-state index contributed by atoms with van der Waals surface area (Å²) in [6.45, 7) is 5.04. The van der Waals surface area contributed by atoms with E-state index in [-0.39, 0.29) is 17.3 Å². The van der Waals surface area contributed by atoms with Crippen molar-refractivity contribution in [3.8, 4) is 28.3 Å². The van der Waals surface area contributed by atoms with Crippen molar-refractivity contribution in [3.05, 3.63) is 48.3 Å². The Balaban J connectivity index is 1.47. The van der Waals surface area contributed by atoms with Crippen molar-refractivity contribution in [3.63, 3.8) is 0 Å². The normalized spacial score (nSPS) is 16.5. The summed E-state index contributed by atoms with van der Waals surface area (Å²) in [6.07, 6.45) is 5.76. The van der Waals surface area contributed by atoms with Crippen LogP contribution in [0.3, 0.4) is 0 Å². The van der Waals surface area contributed by atoms with E-state index in [4.69, 9.17) is 5.73 Å². The monoisotopic (exact) mass is 452 g/mol. The largest absolute Gasteiger partial charge is 0.383 e. The van der Waals surface area contributed by atoms with Gasteiger partial charge in [0, 0.05) is 17.8 Å². The number of nitrogen functional groups attached to an aromatic ring is 1. The second-order valence-electron chi connectivity index (χ2n) is 7.89. The first-order valence-electron chi connectivity index (χ1n) is 10.7. The fourth-order valence-electron chi connectivity index (χ4n) is 4.22. The highest BCUT2D eigenvalue weighted by Crippen LogP contribution is 2.29. The molecule has 12 heteroatoms. The van der Waals surface area contributed by atoms with E-state index in [1.807, 2.05) is 10.9 Å². The number of tetrazole rings is 1. The molecule has 170 valence electrons. The first-order chi connectivity index (χ1) is 16.0. The molecule has 0 saturated carbocycles. The zero-order chi connectivity index (χ0) is 22.9. The van der Waals surface area contributed by atoms with Crippen LogP contribution in [0.25, 0.3) is 28.3 Å². The van der Waals surface area contributed by atoms with Crippen LogP contribution in [0.1, 0.15) is 19.8 Å². The Hall–Kier alpha value is -3.80. The molecule has 1 fully saturated rings. The van der Waals surface area contributed by atoms with Crippen LogP contribution in [0.15, 0.2) is 36.7 Å². The molecule has 1 aliphatic rings. The molecule has 1 aliphatic heterocycles. The minimum Gasteiger partial charge on any atom is -0.383 e. The van der Waals surface area contributed by atoms with Crippen LogP contribution >= 0.6 is 0 Å². The first-order valence-corrected chi connectivity index (χ1v) is 10.7. The van der Waals surface area contributed by atoms with Crippen LogP contribution in [-0.2, 0) is 6.54 Å². The predicted octanol–water partition coefficient (Wildman–Crippen LogP) is 2.33. The Kier molecular flexibility index (Phi) is 5.50. The van der Waals surface area contributed by atoms with Gasteiger partial charge < -0.3 is 5.73 Å². The zero-order valence-electron chi connectivity index (χ0n) is 17.9. The molecule has 0 unspecified atom stereocenters. The van der Waals surface area contributed by atoms with Gasteiger partial charge in [-0.2, -0.15) is 4.68 Å². The minimum absolute atomic E-state index is 0.128. The lowest BCUT2D eigenvalue weighted by molar-refractivity contribution is 0.237. The zero-order valence-corrected chi connectivity index (χ0v) is 17.9. The quantitative estimate of drug-likeness (QED) is 0.474. The minimum atomic E-state index is -1.07. The number of rotatable bonds is 6. The number of aromatic nitrogens is 8. The van der Waals surface area contributed by atoms with Crippen molar-refractivity contribution >= 4 is 5.82 Å². The van der Waals surface area contributed by atoms with Crippen LogP contribution in [0.2, 0.25) is 0 Å². The third kappa shape index (κ3) is 3.93. The summed E-state index contributed by atoms with van der Waals surface area (Å²) < 4.78 is 31.0. The molecular weight excluding hydrogens is 430 g/mol. The molecule has 5 rings (SSSR count). The molecular formula is C21H22F2N10. The Morgan fingerprint density at radius 1 is 1.18 bits per heavy atom. The highest BCUT2D eigenvalue weighted by atomic mass is 19.2. The van der Waals surface area contributed by atoms with Crippen LogP contribution in [0, 0.1) is 11.6 Å². The van der Waals surface area contributed by atoms with Gasteiger partial charge in [0.1, 0.15) is 17.2 Å². The van der Waals surface area contributed by atoms with Crippen LogP contribution < -0.4 is 5.73 Å². The summed E-state index contributed by atoms with van der Waals surface area (Å²) in [7, 11) is 0. The van der Waals surface area contributed by atoms with E-state index in [0.29, 0.717) is 22.9 Å². The SMILES string of the molecule is CCN1CCC[C@@H]1Cn1cc(-c2cnc(N)c(-c3nnnn3-c3cccc(F)c3F)c2)nn1. The van der Waals surface area contributed by atoms with E-state index < -0.39 is 11.6 Å². The van der Waals surface area contributed by atoms with E-state index in [0.717, 1.165) is 36.8 Å². The summed E-state index contributed by atoms with van der Waals surface area (Å²) in [5.41, 5.74) is 7.58. The van der Waals surface area contributed by atoms with Gasteiger partial charge in [0.15, 0.2) is 17.5 Å². The van der Waals surface area contributed by atoms with Crippen LogP contribution in [-0.4, -0.2) is 64.2 Å². The van der Waals surface area contributed by atoms with E-state index in [9.17, 15) is 8.78 Å². The number of nitrogens with zero attached hydrogens (tertiary/aromatic N) is 9. The molecule has 0 aliphatic carbocycles. The maximum atomic E-state index is 14.4. The Labute approximate surface area is 188 Å². The molecule has 2 N–H and O–H groups in total. The molecule has 0 spiro atoms. The topological polar surface area (TPSA) is 116 Å². The first kappa shape index (κ1) is 21.1. The van der Waals surface area contributed by atoms with Gasteiger partial charge in [-0.05, 0) is 54.6 Å². The fourth-order valence-corrected chi connectivity index (χ4v) is 4.22. The molecule has 1 aromatic carbocycles. The third-order valence-electron chi connectivity index (χ3n) is 5.93. The van der Waals surface area contributed by atoms with Gasteiger partial charge in [-0.1, -0.05) is 18.2 Å². The number of hydrogen-bond donors (Lipinski definition) is 1. The number of anilines is 1. The standard InChI is InChI=1S/C21H22F2N10/c1-2-31-8-4-5-14(31)11-32-12-17(26-29-32)13-9-15(20(24)25-10-13)21-27-28-30-33(21)18-7-3-6-16(22)19(18)23/h3,6-7,9-10,12,14H,2,4-5,8,11H2,1H3,(H2,24,25)/t14-/m1/s1. The van der Waals surface area contributed by atoms with E-state index in [1.165, 1.54) is 18.6 Å². The second kappa shape index (κ2) is 8.62. The smallest absolute Gasteiger partial charge is 0.190 e. The van der Waals surface area contributed by atoms with Crippen molar-refractivity contribution in [2.24, 2.45) is 0 Å². The highest BCUT2D eigenvalue weighted by Gasteiger charge is 2.24. The van der Waals surface area contributed by atoms with Crippen molar-refractivity contribution in [1.29, 1.82) is 0 Å². The van der Waals surface area contributed by atoms with Crippen molar-refractivity contribution < 1.29 is 8.78 Å². The highest BCUT2D eigenvalue weighted by molar-refractivity contribution is 5.75. The summed E-state index contributed by atoms with van der Waals surface area (Å²) in [5.74, 6) is -1.80. The van der Waals surface area contributed by atoms with Gasteiger partial charge in [-0.25, -0.2) is 13.8 Å². The Morgan fingerprint density at radius 2 is 2.06 bits per heavy atom. The van der Waals surface area contributed by atoms with Crippen LogP contribution in [0.5, 0.6) is 0 Å². The van der Waals surface area contributed by atoms with Crippen molar-refractivity contribution in [2.75, 3.05) is 18.8 Å². The van der Waals surface area contributed by atoms with Gasteiger partial charge in [0.2, 0.25) is 0 Å². The lowest BCUT2D eigenvalue weighted by atomic mass is 10.1. The number of likely N-dealkylation sites (tertiary alicyclic amines) is 1. The van der Waals surface area contributed by atoms with Crippen molar-refractivity contribution in [2.45, 2.75) is 32.4 Å². The Morgan fingerprint density at radius 3 is 2.91 bits per heavy atom. The molecule has 1 saturated heterocycles. The van der Waals surface area contributed by atoms with Crippen LogP contribution in [0.4, 0.5) is 14.6 Å². The average Bonchev–Trinajstić information content (AvgIpc) is 3.57. The van der Waals surface area contributed by atoms with Crippen molar-refractivity contribution in [1.82, 2.24) is 45.1 Å². The fraction of sp³-hybridized carbons (Fsp3) is 0.333. The Bertz CT molecular complexity index is 1280. The maximum absolute atomic E-state index is 14.4. The number of halogens is 2. The molecule has 0 bridgehead atoms. The molecule has 33 heavy (non-hydrogen) atoms. The summed E-state index contributed by atoms with van der Waals surface area (Å²) >= 11 is 0. The van der Waals surface area contributed by atoms with Gasteiger partial charge in [0.05, 0.1) is 18.3 Å². The number of pyridine rings is 1. The third-order valence-corrected chi connectivity index (χ3v) is 5.93. The molecule has 4 aromatic rings. The molecule has 1 atom stereocenters. The molecule has 4 heterocycles. The molecule has 0 amide bonds. The van der Waals surface area contributed by atoms with E-state index in [1.54, 1.807) is 12.3 Å². The lowest BCUT2D eigenvalue weighted by Crippen LogP contribution is -2.32. The lowest BCUT2D eigenvalue weighted by Gasteiger charge is -2.22. The maximum Gasteiger partial charge on any atom is 0.190 e. The summed E-state index contributed by atoms with van der Waals surface area (Å²) in [4.78, 5) is 6.68. The van der Waals surface area contributed by atoms with Gasteiger partial charge in [-0.3, -0.25) is 9.58 Å². The summed E-state index contributed by atoms with van der Waals surface area (Å²) in [5, 5.41) is 20.0. The van der Waals surface area contributed by atoms with Gasteiger partial charge in [0.25, 0.3) is 0 Å². The molecule has 0 radical (unpaired) electrons. The number of benzene rings is 1. The van der Waals surface area contributed by atoms with Gasteiger partial charge in [-0.15, -0.1) is 10.2 Å². The summed E-state index contributed by atoms with van der Waals surface area (Å²) in [6, 6.07) is 5.92.